The molecule has 0 fully saturated rings. The van der Waals surface area contributed by atoms with E-state index in [2.05, 4.69) is 9.97 Å². The third-order valence-electron chi connectivity index (χ3n) is 2.25. The van der Waals surface area contributed by atoms with E-state index in [4.69, 9.17) is 4.74 Å². The van der Waals surface area contributed by atoms with E-state index in [1.165, 1.54) is 0 Å². The number of aryl methyl sites for hydroxylation is 1. The minimum atomic E-state index is 0.328. The predicted molar refractivity (Wildman–Crippen MR) is 62.9 cm³/mol. The van der Waals surface area contributed by atoms with Crippen LogP contribution in [0.4, 0.5) is 0 Å². The number of aromatic nitrogens is 2. The molecule has 0 bridgehead atoms. The Labute approximate surface area is 99.3 Å². The van der Waals surface area contributed by atoms with Gasteiger partial charge in [-0.2, -0.15) is 0 Å². The Bertz CT molecular complexity index is 512. The summed E-state index contributed by atoms with van der Waals surface area (Å²) in [6.45, 7) is 2.21. The first kappa shape index (κ1) is 11.3. The highest BCUT2D eigenvalue weighted by Gasteiger charge is 2.04. The van der Waals surface area contributed by atoms with Crippen LogP contribution < -0.4 is 4.74 Å². The lowest BCUT2D eigenvalue weighted by atomic mass is 10.3. The first-order chi connectivity index (χ1) is 8.29. The van der Waals surface area contributed by atoms with Crippen molar-refractivity contribution in [2.75, 3.05) is 0 Å². The van der Waals surface area contributed by atoms with Crippen LogP contribution in [0.25, 0.3) is 0 Å². The third-order valence-corrected chi connectivity index (χ3v) is 2.25. The van der Waals surface area contributed by atoms with Crippen LogP contribution in [0.3, 0.4) is 0 Å². The van der Waals surface area contributed by atoms with Crippen molar-refractivity contribution < 1.29 is 9.53 Å². The van der Waals surface area contributed by atoms with Crippen LogP contribution in [0.15, 0.2) is 36.7 Å². The van der Waals surface area contributed by atoms with Gasteiger partial charge in [0.25, 0.3) is 0 Å². The Kier molecular flexibility index (Phi) is 3.45. The largest absolute Gasteiger partial charge is 0.486 e. The molecule has 2 aromatic heterocycles. The van der Waals surface area contributed by atoms with Gasteiger partial charge in [-0.15, -0.1) is 0 Å². The standard InChI is InChI=1S/C13H12N2O2/c1-10-4-5-13(12(8-16)15-10)17-9-11-3-2-6-14-7-11/h2-8H,9H2,1H3. The average molecular weight is 228 g/mol. The maximum absolute atomic E-state index is 10.8. The predicted octanol–water partition coefficient (Wildman–Crippen LogP) is 2.18. The van der Waals surface area contributed by atoms with Crippen LogP contribution in [-0.4, -0.2) is 16.3 Å². The number of aldehydes is 1. The lowest BCUT2D eigenvalue weighted by molar-refractivity contribution is 0.111. The molecule has 0 aliphatic rings. The molecule has 2 heterocycles. The van der Waals surface area contributed by atoms with Gasteiger partial charge in [-0.3, -0.25) is 9.78 Å². The summed E-state index contributed by atoms with van der Waals surface area (Å²) in [4.78, 5) is 18.9. The Morgan fingerprint density at radius 3 is 2.94 bits per heavy atom. The van der Waals surface area contributed by atoms with Crippen LogP contribution in [0.2, 0.25) is 0 Å². The minimum absolute atomic E-state index is 0.328. The van der Waals surface area contributed by atoms with Crippen molar-refractivity contribution >= 4 is 6.29 Å². The van der Waals surface area contributed by atoms with Gasteiger partial charge in [-0.1, -0.05) is 6.07 Å². The molecule has 0 radical (unpaired) electrons. The lowest BCUT2D eigenvalue weighted by Gasteiger charge is -2.07. The minimum Gasteiger partial charge on any atom is -0.486 e. The normalized spacial score (nSPS) is 9.94. The van der Waals surface area contributed by atoms with E-state index in [9.17, 15) is 4.79 Å². The fraction of sp³-hybridized carbons (Fsp3) is 0.154. The highest BCUT2D eigenvalue weighted by atomic mass is 16.5. The first-order valence-corrected chi connectivity index (χ1v) is 5.24. The Hall–Kier alpha value is -2.23. The molecule has 0 saturated carbocycles. The maximum atomic E-state index is 10.8. The van der Waals surface area contributed by atoms with Crippen molar-refractivity contribution in [1.29, 1.82) is 0 Å². The number of hydrogen-bond acceptors (Lipinski definition) is 4. The second kappa shape index (κ2) is 5.21. The van der Waals surface area contributed by atoms with Gasteiger partial charge in [-0.05, 0) is 25.1 Å². The third kappa shape index (κ3) is 2.87. The van der Waals surface area contributed by atoms with E-state index in [0.717, 1.165) is 11.3 Å². The molecule has 0 aliphatic heterocycles. The van der Waals surface area contributed by atoms with E-state index in [1.807, 2.05) is 25.1 Å². The molecule has 0 spiro atoms. The molecular weight excluding hydrogens is 216 g/mol. The summed E-state index contributed by atoms with van der Waals surface area (Å²) in [7, 11) is 0. The Morgan fingerprint density at radius 2 is 2.24 bits per heavy atom. The van der Waals surface area contributed by atoms with E-state index in [-0.39, 0.29) is 0 Å². The average Bonchev–Trinajstić information content (AvgIpc) is 2.38. The van der Waals surface area contributed by atoms with Crippen molar-refractivity contribution in [2.24, 2.45) is 0 Å². The van der Waals surface area contributed by atoms with Crippen LogP contribution in [0, 0.1) is 6.92 Å². The molecule has 0 amide bonds. The summed E-state index contributed by atoms with van der Waals surface area (Å²) in [6, 6.07) is 7.32. The number of carbonyl (C=O) groups excluding carboxylic acids is 1. The summed E-state index contributed by atoms with van der Waals surface area (Å²) < 4.78 is 5.54. The summed E-state index contributed by atoms with van der Waals surface area (Å²) in [5, 5.41) is 0. The van der Waals surface area contributed by atoms with Crippen molar-refractivity contribution in [3.63, 3.8) is 0 Å². The van der Waals surface area contributed by atoms with Gasteiger partial charge in [0, 0.05) is 23.7 Å². The molecule has 0 aliphatic carbocycles. The first-order valence-electron chi connectivity index (χ1n) is 5.24. The molecule has 4 nitrogen and oxygen atoms in total. The topological polar surface area (TPSA) is 52.1 Å². The molecule has 86 valence electrons. The second-order valence-corrected chi connectivity index (χ2v) is 3.60. The summed E-state index contributed by atoms with van der Waals surface area (Å²) in [5.41, 5.74) is 2.07. The van der Waals surface area contributed by atoms with E-state index < -0.39 is 0 Å². The molecule has 0 N–H and O–H groups in total. The van der Waals surface area contributed by atoms with Crippen LogP contribution in [0.5, 0.6) is 5.75 Å². The van der Waals surface area contributed by atoms with Crippen molar-refractivity contribution in [2.45, 2.75) is 13.5 Å². The Morgan fingerprint density at radius 1 is 1.35 bits per heavy atom. The van der Waals surface area contributed by atoms with Crippen molar-refractivity contribution in [1.82, 2.24) is 9.97 Å². The summed E-state index contributed by atoms with van der Waals surface area (Å²) in [6.07, 6.45) is 4.13. The Balaban J connectivity index is 2.11. The second-order valence-electron chi connectivity index (χ2n) is 3.60. The van der Waals surface area contributed by atoms with Gasteiger partial charge in [0.05, 0.1) is 0 Å². The van der Waals surface area contributed by atoms with Crippen molar-refractivity contribution in [3.8, 4) is 5.75 Å². The fourth-order valence-corrected chi connectivity index (χ4v) is 1.42. The molecule has 0 unspecified atom stereocenters. The number of nitrogens with zero attached hydrogens (tertiary/aromatic N) is 2. The lowest BCUT2D eigenvalue weighted by Crippen LogP contribution is -2.01. The van der Waals surface area contributed by atoms with Crippen molar-refractivity contribution in [3.05, 3.63) is 53.6 Å². The number of ether oxygens (including phenoxy) is 1. The van der Waals surface area contributed by atoms with Crippen LogP contribution in [-0.2, 0) is 6.61 Å². The molecule has 0 aromatic carbocycles. The number of carbonyl (C=O) groups is 1. The molecule has 0 atom stereocenters. The van der Waals surface area contributed by atoms with Crippen LogP contribution in [0.1, 0.15) is 21.7 Å². The zero-order chi connectivity index (χ0) is 12.1. The molecule has 2 aromatic rings. The quantitative estimate of drug-likeness (QED) is 0.752. The van der Waals surface area contributed by atoms with E-state index in [1.54, 1.807) is 18.5 Å². The van der Waals surface area contributed by atoms with Gasteiger partial charge in [0.2, 0.25) is 0 Å². The fourth-order valence-electron chi connectivity index (χ4n) is 1.42. The number of pyridine rings is 2. The number of rotatable bonds is 4. The van der Waals surface area contributed by atoms with E-state index >= 15 is 0 Å². The smallest absolute Gasteiger partial charge is 0.172 e. The van der Waals surface area contributed by atoms with Gasteiger partial charge < -0.3 is 4.74 Å². The monoisotopic (exact) mass is 228 g/mol. The molecule has 4 heteroatoms. The van der Waals surface area contributed by atoms with Gasteiger partial charge >= 0.3 is 0 Å². The zero-order valence-corrected chi connectivity index (χ0v) is 9.46. The molecular formula is C13H12N2O2. The number of hydrogen-bond donors (Lipinski definition) is 0. The summed E-state index contributed by atoms with van der Waals surface area (Å²) in [5.74, 6) is 0.495. The maximum Gasteiger partial charge on any atom is 0.172 e. The van der Waals surface area contributed by atoms with E-state index in [0.29, 0.717) is 24.3 Å². The van der Waals surface area contributed by atoms with Crippen LogP contribution >= 0.6 is 0 Å². The zero-order valence-electron chi connectivity index (χ0n) is 9.46. The molecule has 17 heavy (non-hydrogen) atoms. The van der Waals surface area contributed by atoms with Gasteiger partial charge in [0.15, 0.2) is 6.29 Å². The summed E-state index contributed by atoms with van der Waals surface area (Å²) >= 11 is 0. The molecule has 0 saturated heterocycles. The highest BCUT2D eigenvalue weighted by Crippen LogP contribution is 2.16. The highest BCUT2D eigenvalue weighted by molar-refractivity contribution is 5.76. The van der Waals surface area contributed by atoms with Gasteiger partial charge in [0.1, 0.15) is 18.1 Å². The van der Waals surface area contributed by atoms with Gasteiger partial charge in [-0.25, -0.2) is 4.98 Å². The SMILES string of the molecule is Cc1ccc(OCc2cccnc2)c(C=O)n1. The molecule has 2 rings (SSSR count).